The van der Waals surface area contributed by atoms with Crippen molar-refractivity contribution in [3.05, 3.63) is 24.0 Å². The van der Waals surface area contributed by atoms with Gasteiger partial charge in [-0.3, -0.25) is 0 Å². The molecular formula is C9H9F4N3O3S. The standard InChI is InChI=1S/C9H9F4N3O3S/c10-6-3-5(20(14,18)19)1-2-7(6)16-8(17)15-4-9(11,12)13/h1-3H,4H2,(H2,14,18,19)(H2,15,16,17). The second kappa shape index (κ2) is 5.63. The molecule has 0 fully saturated rings. The molecule has 0 spiro atoms. The van der Waals surface area contributed by atoms with Crippen LogP contribution in [-0.2, 0) is 10.0 Å². The first-order valence-electron chi connectivity index (χ1n) is 4.93. The van der Waals surface area contributed by atoms with E-state index >= 15 is 0 Å². The summed E-state index contributed by atoms with van der Waals surface area (Å²) in [4.78, 5) is 10.5. The second-order valence-electron chi connectivity index (χ2n) is 3.61. The van der Waals surface area contributed by atoms with E-state index in [0.717, 1.165) is 12.1 Å². The number of nitrogens with two attached hydrogens (primary N) is 1. The Labute approximate surface area is 111 Å². The lowest BCUT2D eigenvalue weighted by molar-refractivity contribution is -0.122. The Balaban J connectivity index is 2.77. The van der Waals surface area contributed by atoms with Crippen molar-refractivity contribution < 1.29 is 30.8 Å². The number of carbonyl (C=O) groups is 1. The predicted molar refractivity (Wildman–Crippen MR) is 60.8 cm³/mol. The monoisotopic (exact) mass is 315 g/mol. The van der Waals surface area contributed by atoms with Gasteiger partial charge in [0.15, 0.2) is 0 Å². The van der Waals surface area contributed by atoms with Gasteiger partial charge in [0.05, 0.1) is 10.6 Å². The Bertz CT molecular complexity index is 615. The molecule has 0 radical (unpaired) electrons. The fraction of sp³-hybridized carbons (Fsp3) is 0.222. The minimum Gasteiger partial charge on any atom is -0.329 e. The first kappa shape index (κ1) is 16.2. The van der Waals surface area contributed by atoms with Gasteiger partial charge in [-0.05, 0) is 18.2 Å². The lowest BCUT2D eigenvalue weighted by Crippen LogP contribution is -2.36. The van der Waals surface area contributed by atoms with E-state index < -0.39 is 45.2 Å². The van der Waals surface area contributed by atoms with Crippen molar-refractivity contribution >= 4 is 21.7 Å². The van der Waals surface area contributed by atoms with Crippen LogP contribution in [-0.4, -0.2) is 27.2 Å². The molecule has 0 aliphatic carbocycles. The molecular weight excluding hydrogens is 306 g/mol. The van der Waals surface area contributed by atoms with Gasteiger partial charge in [0.25, 0.3) is 0 Å². The molecule has 20 heavy (non-hydrogen) atoms. The van der Waals surface area contributed by atoms with Crippen molar-refractivity contribution in [3.63, 3.8) is 0 Å². The highest BCUT2D eigenvalue weighted by Gasteiger charge is 2.27. The van der Waals surface area contributed by atoms with Gasteiger partial charge in [-0.15, -0.1) is 0 Å². The van der Waals surface area contributed by atoms with Gasteiger partial charge >= 0.3 is 12.2 Å². The molecule has 6 nitrogen and oxygen atoms in total. The third-order valence-corrected chi connectivity index (χ3v) is 2.88. The number of carbonyl (C=O) groups excluding carboxylic acids is 1. The Morgan fingerprint density at radius 3 is 2.35 bits per heavy atom. The van der Waals surface area contributed by atoms with Crippen LogP contribution in [0.15, 0.2) is 23.1 Å². The van der Waals surface area contributed by atoms with Gasteiger partial charge < -0.3 is 10.6 Å². The van der Waals surface area contributed by atoms with Crippen LogP contribution in [0.1, 0.15) is 0 Å². The molecule has 1 aromatic carbocycles. The molecule has 0 aromatic heterocycles. The largest absolute Gasteiger partial charge is 0.405 e. The van der Waals surface area contributed by atoms with Crippen LogP contribution in [0.2, 0.25) is 0 Å². The summed E-state index contributed by atoms with van der Waals surface area (Å²) in [5.74, 6) is -1.15. The molecule has 0 saturated carbocycles. The number of halogens is 4. The molecule has 0 saturated heterocycles. The van der Waals surface area contributed by atoms with Crippen molar-refractivity contribution in [2.24, 2.45) is 5.14 Å². The third kappa shape index (κ3) is 5.01. The first-order chi connectivity index (χ1) is 8.99. The average molecular weight is 315 g/mol. The van der Waals surface area contributed by atoms with Gasteiger partial charge in [0.2, 0.25) is 10.0 Å². The van der Waals surface area contributed by atoms with Gasteiger partial charge in [-0.1, -0.05) is 0 Å². The van der Waals surface area contributed by atoms with Gasteiger partial charge in [-0.2, -0.15) is 13.2 Å². The van der Waals surface area contributed by atoms with E-state index in [0.29, 0.717) is 6.07 Å². The number of benzene rings is 1. The molecule has 0 bridgehead atoms. The van der Waals surface area contributed by atoms with Crippen LogP contribution >= 0.6 is 0 Å². The Hall–Kier alpha value is -1.88. The van der Waals surface area contributed by atoms with Crippen molar-refractivity contribution in [1.29, 1.82) is 0 Å². The zero-order valence-electron chi connectivity index (χ0n) is 9.66. The number of amides is 2. The zero-order valence-corrected chi connectivity index (χ0v) is 10.5. The highest BCUT2D eigenvalue weighted by Crippen LogP contribution is 2.18. The molecule has 1 aromatic rings. The van der Waals surface area contributed by atoms with Gasteiger partial charge in [-0.25, -0.2) is 22.7 Å². The lowest BCUT2D eigenvalue weighted by Gasteiger charge is -2.10. The summed E-state index contributed by atoms with van der Waals surface area (Å²) in [6.45, 7) is -1.59. The minimum absolute atomic E-state index is 0.489. The number of rotatable bonds is 3. The van der Waals surface area contributed by atoms with Crippen molar-refractivity contribution in [2.75, 3.05) is 11.9 Å². The summed E-state index contributed by atoms with van der Waals surface area (Å²) in [7, 11) is -4.12. The topological polar surface area (TPSA) is 101 Å². The maximum Gasteiger partial charge on any atom is 0.405 e. The Kier molecular flexibility index (Phi) is 4.55. The number of hydrogen-bond acceptors (Lipinski definition) is 3. The van der Waals surface area contributed by atoms with E-state index in [1.807, 2.05) is 0 Å². The Morgan fingerprint density at radius 2 is 1.90 bits per heavy atom. The highest BCUT2D eigenvalue weighted by molar-refractivity contribution is 7.89. The minimum atomic E-state index is -4.60. The number of anilines is 1. The molecule has 0 atom stereocenters. The number of alkyl halides is 3. The van der Waals surface area contributed by atoms with Crippen LogP contribution in [0.5, 0.6) is 0 Å². The van der Waals surface area contributed by atoms with Crippen molar-refractivity contribution in [2.45, 2.75) is 11.1 Å². The maximum atomic E-state index is 13.4. The van der Waals surface area contributed by atoms with Crippen LogP contribution in [0.4, 0.5) is 28.0 Å². The number of nitrogens with one attached hydrogen (secondary N) is 2. The molecule has 0 aliphatic rings. The van der Waals surface area contributed by atoms with Gasteiger partial charge in [0.1, 0.15) is 12.4 Å². The summed E-state index contributed by atoms with van der Waals surface area (Å²) >= 11 is 0. The molecule has 0 aliphatic heterocycles. The molecule has 11 heteroatoms. The normalized spacial score (nSPS) is 12.1. The lowest BCUT2D eigenvalue weighted by atomic mass is 10.3. The smallest absolute Gasteiger partial charge is 0.329 e. The number of urea groups is 1. The number of primary sulfonamides is 1. The third-order valence-electron chi connectivity index (χ3n) is 1.97. The average Bonchev–Trinajstić information content (AvgIpc) is 2.27. The molecule has 1 rings (SSSR count). The molecule has 0 unspecified atom stereocenters. The highest BCUT2D eigenvalue weighted by atomic mass is 32.2. The van der Waals surface area contributed by atoms with E-state index in [9.17, 15) is 30.8 Å². The summed E-state index contributed by atoms with van der Waals surface area (Å²) in [6, 6.07) is 1.01. The van der Waals surface area contributed by atoms with E-state index in [1.165, 1.54) is 5.32 Å². The quantitative estimate of drug-likeness (QED) is 0.729. The van der Waals surface area contributed by atoms with Crippen LogP contribution in [0.25, 0.3) is 0 Å². The number of sulfonamides is 1. The molecule has 112 valence electrons. The molecule has 0 heterocycles. The predicted octanol–water partition coefficient (Wildman–Crippen LogP) is 1.16. The van der Waals surface area contributed by atoms with Crippen LogP contribution in [0.3, 0.4) is 0 Å². The number of hydrogen-bond donors (Lipinski definition) is 3. The second-order valence-corrected chi connectivity index (χ2v) is 5.17. The van der Waals surface area contributed by atoms with E-state index in [1.54, 1.807) is 5.32 Å². The fourth-order valence-corrected chi connectivity index (χ4v) is 1.65. The Morgan fingerprint density at radius 1 is 1.30 bits per heavy atom. The van der Waals surface area contributed by atoms with Crippen molar-refractivity contribution in [3.8, 4) is 0 Å². The van der Waals surface area contributed by atoms with E-state index in [-0.39, 0.29) is 0 Å². The zero-order chi connectivity index (χ0) is 15.6. The summed E-state index contributed by atoms with van der Waals surface area (Å²) in [6.07, 6.45) is -4.60. The van der Waals surface area contributed by atoms with Crippen LogP contribution < -0.4 is 15.8 Å². The van der Waals surface area contributed by atoms with Gasteiger partial charge in [0, 0.05) is 0 Å². The molecule has 2 amide bonds. The van der Waals surface area contributed by atoms with Crippen molar-refractivity contribution in [1.82, 2.24) is 5.32 Å². The maximum absolute atomic E-state index is 13.4. The van der Waals surface area contributed by atoms with E-state index in [4.69, 9.17) is 5.14 Å². The summed E-state index contributed by atoms with van der Waals surface area (Å²) < 4.78 is 70.7. The first-order valence-corrected chi connectivity index (χ1v) is 6.47. The fourth-order valence-electron chi connectivity index (χ4n) is 1.12. The summed E-state index contributed by atoms with van der Waals surface area (Å²) in [5, 5.41) is 8.01. The molecule has 4 N–H and O–H groups in total. The van der Waals surface area contributed by atoms with E-state index in [2.05, 4.69) is 0 Å². The summed E-state index contributed by atoms with van der Waals surface area (Å²) in [5.41, 5.74) is -0.489. The SMILES string of the molecule is NS(=O)(=O)c1ccc(NC(=O)NCC(F)(F)F)c(F)c1. The van der Waals surface area contributed by atoms with Crippen LogP contribution in [0, 0.1) is 5.82 Å².